The Morgan fingerprint density at radius 1 is 1.33 bits per heavy atom. The normalized spacial score (nSPS) is 14.5. The molecule has 2 heterocycles. The van der Waals surface area contributed by atoms with Gasteiger partial charge < -0.3 is 9.84 Å². The fraction of sp³-hybridized carbons (Fsp3) is 0.316. The number of aromatic nitrogens is 2. The number of halogens is 1. The number of hydrogen-bond donors (Lipinski definition) is 2. The van der Waals surface area contributed by atoms with Gasteiger partial charge in [0.15, 0.2) is 0 Å². The minimum Gasteiger partial charge on any atom is -0.339 e. The molecule has 0 unspecified atom stereocenters. The molecule has 1 aromatic carbocycles. The lowest BCUT2D eigenvalue weighted by Crippen LogP contribution is -2.32. The summed E-state index contributed by atoms with van der Waals surface area (Å²) in [5.41, 5.74) is 1.91. The average molecular weight is 467 g/mol. The average Bonchev–Trinajstić information content (AvgIpc) is 3.32. The number of benzene rings is 1. The lowest BCUT2D eigenvalue weighted by Gasteiger charge is -2.20. The smallest absolute Gasteiger partial charge is 0.250 e. The first kappa shape index (κ1) is 21.0. The topological polar surface area (TPSA) is 114 Å². The summed E-state index contributed by atoms with van der Waals surface area (Å²) in [5, 5.41) is 8.73. The monoisotopic (exact) mass is 466 g/mol. The third-order valence-corrected chi connectivity index (χ3v) is 7.97. The fourth-order valence-corrected chi connectivity index (χ4v) is 5.26. The van der Waals surface area contributed by atoms with Crippen molar-refractivity contribution in [2.24, 2.45) is 0 Å². The van der Waals surface area contributed by atoms with Gasteiger partial charge in [-0.15, -0.1) is 11.3 Å². The van der Waals surface area contributed by atoms with E-state index in [1.807, 2.05) is 6.92 Å². The largest absolute Gasteiger partial charge is 0.339 e. The molecule has 158 valence electrons. The molecule has 1 fully saturated rings. The summed E-state index contributed by atoms with van der Waals surface area (Å²) < 4.78 is 32.8. The maximum atomic E-state index is 12.6. The van der Waals surface area contributed by atoms with E-state index in [1.165, 1.54) is 6.07 Å². The van der Waals surface area contributed by atoms with Crippen LogP contribution in [-0.2, 0) is 14.8 Å². The number of aryl methyl sites for hydroxylation is 1. The van der Waals surface area contributed by atoms with Gasteiger partial charge in [0.1, 0.15) is 4.21 Å². The molecule has 0 spiro atoms. The molecule has 1 saturated carbocycles. The minimum absolute atomic E-state index is 0.0687. The summed E-state index contributed by atoms with van der Waals surface area (Å²) in [6, 6.07) is 6.56. The zero-order valence-electron chi connectivity index (χ0n) is 16.0. The molecule has 2 N–H and O–H groups in total. The van der Waals surface area contributed by atoms with Crippen molar-refractivity contribution in [2.45, 2.75) is 36.3 Å². The molecule has 1 aliphatic rings. The second-order valence-corrected chi connectivity index (χ2v) is 10.4. The number of sulfonamides is 1. The van der Waals surface area contributed by atoms with Crippen molar-refractivity contribution in [3.63, 3.8) is 0 Å². The van der Waals surface area contributed by atoms with Gasteiger partial charge in [-0.25, -0.2) is 13.1 Å². The van der Waals surface area contributed by atoms with Gasteiger partial charge in [0.25, 0.3) is 10.0 Å². The number of nitrogens with one attached hydrogen (secondary N) is 2. The summed E-state index contributed by atoms with van der Waals surface area (Å²) >= 11 is 6.96. The second-order valence-electron chi connectivity index (χ2n) is 7.07. The highest BCUT2D eigenvalue weighted by Gasteiger charge is 2.26. The SMILES string of the molecule is Cc1ccc(Cl)cc1NC(=O)CNS(=O)(=O)c1cc(-c2noc(C3CCC3)n2)cs1. The minimum atomic E-state index is -3.86. The van der Waals surface area contributed by atoms with Crippen LogP contribution in [0.25, 0.3) is 11.4 Å². The van der Waals surface area contributed by atoms with Crippen molar-refractivity contribution in [3.05, 3.63) is 46.1 Å². The van der Waals surface area contributed by atoms with Crippen molar-refractivity contribution in [1.82, 2.24) is 14.9 Å². The molecule has 0 saturated heterocycles. The second kappa shape index (κ2) is 8.46. The van der Waals surface area contributed by atoms with Crippen LogP contribution in [0.5, 0.6) is 0 Å². The Bertz CT molecular complexity index is 1180. The molecule has 8 nitrogen and oxygen atoms in total. The quantitative estimate of drug-likeness (QED) is 0.545. The van der Waals surface area contributed by atoms with Crippen LogP contribution in [0.4, 0.5) is 5.69 Å². The molecule has 0 aliphatic heterocycles. The summed E-state index contributed by atoms with van der Waals surface area (Å²) in [6.45, 7) is 1.41. The number of amides is 1. The van der Waals surface area contributed by atoms with E-state index in [9.17, 15) is 13.2 Å². The Hall–Kier alpha value is -2.27. The van der Waals surface area contributed by atoms with E-state index in [1.54, 1.807) is 23.6 Å². The third kappa shape index (κ3) is 4.56. The molecule has 30 heavy (non-hydrogen) atoms. The molecule has 0 bridgehead atoms. The highest BCUT2D eigenvalue weighted by molar-refractivity contribution is 7.91. The van der Waals surface area contributed by atoms with Crippen LogP contribution in [0.15, 0.2) is 38.4 Å². The van der Waals surface area contributed by atoms with Gasteiger partial charge in [0, 0.05) is 27.6 Å². The van der Waals surface area contributed by atoms with Gasteiger partial charge in [-0.05, 0) is 43.5 Å². The van der Waals surface area contributed by atoms with E-state index < -0.39 is 22.5 Å². The summed E-state index contributed by atoms with van der Waals surface area (Å²) in [6.07, 6.45) is 3.22. The first-order chi connectivity index (χ1) is 14.3. The van der Waals surface area contributed by atoms with E-state index in [-0.39, 0.29) is 4.21 Å². The first-order valence-corrected chi connectivity index (χ1v) is 12.0. The molecule has 0 atom stereocenters. The molecule has 11 heteroatoms. The van der Waals surface area contributed by atoms with E-state index in [0.717, 1.165) is 36.2 Å². The van der Waals surface area contributed by atoms with Gasteiger partial charge in [0.2, 0.25) is 17.6 Å². The Balaban J connectivity index is 1.39. The van der Waals surface area contributed by atoms with E-state index in [0.29, 0.717) is 33.9 Å². The predicted molar refractivity (Wildman–Crippen MR) is 114 cm³/mol. The predicted octanol–water partition coefficient (Wildman–Crippen LogP) is 3.94. The molecule has 0 radical (unpaired) electrons. The molecule has 2 aromatic heterocycles. The van der Waals surface area contributed by atoms with Crippen LogP contribution < -0.4 is 10.0 Å². The van der Waals surface area contributed by atoms with Crippen LogP contribution in [0.2, 0.25) is 5.02 Å². The van der Waals surface area contributed by atoms with Crippen molar-refractivity contribution in [1.29, 1.82) is 0 Å². The van der Waals surface area contributed by atoms with Gasteiger partial charge in [-0.2, -0.15) is 4.98 Å². The maximum Gasteiger partial charge on any atom is 0.250 e. The van der Waals surface area contributed by atoms with Crippen LogP contribution >= 0.6 is 22.9 Å². The number of thiophene rings is 1. The summed E-state index contributed by atoms with van der Waals surface area (Å²) in [7, 11) is -3.86. The fourth-order valence-electron chi connectivity index (χ4n) is 2.90. The molecular weight excluding hydrogens is 448 g/mol. The third-order valence-electron chi connectivity index (χ3n) is 4.89. The Kier molecular flexibility index (Phi) is 5.92. The van der Waals surface area contributed by atoms with Gasteiger partial charge in [-0.3, -0.25) is 4.79 Å². The molecule has 1 aliphatic carbocycles. The number of anilines is 1. The van der Waals surface area contributed by atoms with Crippen LogP contribution in [0, 0.1) is 6.92 Å². The highest BCUT2D eigenvalue weighted by atomic mass is 35.5. The number of hydrogen-bond acceptors (Lipinski definition) is 7. The van der Waals surface area contributed by atoms with E-state index in [4.69, 9.17) is 16.1 Å². The van der Waals surface area contributed by atoms with Crippen molar-refractivity contribution < 1.29 is 17.7 Å². The lowest BCUT2D eigenvalue weighted by molar-refractivity contribution is -0.115. The number of rotatable bonds is 7. The van der Waals surface area contributed by atoms with Gasteiger partial charge in [-0.1, -0.05) is 29.2 Å². The van der Waals surface area contributed by atoms with Crippen LogP contribution in [0.3, 0.4) is 0 Å². The molecule has 4 rings (SSSR count). The van der Waals surface area contributed by atoms with Crippen molar-refractivity contribution in [3.8, 4) is 11.4 Å². The van der Waals surface area contributed by atoms with Crippen LogP contribution in [-0.4, -0.2) is 31.0 Å². The molecule has 3 aromatic rings. The van der Waals surface area contributed by atoms with Crippen LogP contribution in [0.1, 0.15) is 36.6 Å². The Morgan fingerprint density at radius 3 is 2.87 bits per heavy atom. The van der Waals surface area contributed by atoms with Crippen molar-refractivity contribution in [2.75, 3.05) is 11.9 Å². The lowest BCUT2D eigenvalue weighted by atomic mass is 9.85. The van der Waals surface area contributed by atoms with Gasteiger partial charge in [0.05, 0.1) is 6.54 Å². The molecule has 1 amide bonds. The van der Waals surface area contributed by atoms with Gasteiger partial charge >= 0.3 is 0 Å². The standard InChI is InChI=1S/C19H19ClN4O4S2/c1-11-5-6-14(20)8-15(11)22-16(25)9-21-30(26,27)17-7-13(10-29-17)18-23-19(28-24-18)12-3-2-4-12/h5-8,10,12,21H,2-4,9H2,1H3,(H,22,25). The maximum absolute atomic E-state index is 12.6. The first-order valence-electron chi connectivity index (χ1n) is 9.30. The van der Waals surface area contributed by atoms with Crippen molar-refractivity contribution >= 4 is 44.6 Å². The van der Waals surface area contributed by atoms with E-state index in [2.05, 4.69) is 20.2 Å². The number of nitrogens with zero attached hydrogens (tertiary/aromatic N) is 2. The highest BCUT2D eigenvalue weighted by Crippen LogP contribution is 2.36. The summed E-state index contributed by atoms with van der Waals surface area (Å²) in [5.74, 6) is 0.766. The summed E-state index contributed by atoms with van der Waals surface area (Å²) in [4.78, 5) is 16.5. The Labute approximate surface area is 182 Å². The Morgan fingerprint density at radius 2 is 2.13 bits per heavy atom. The molecular formula is C19H19ClN4O4S2. The zero-order chi connectivity index (χ0) is 21.3. The number of carbonyl (C=O) groups excluding carboxylic acids is 1. The zero-order valence-corrected chi connectivity index (χ0v) is 18.4. The number of carbonyl (C=O) groups is 1. The van der Waals surface area contributed by atoms with E-state index >= 15 is 0 Å².